The van der Waals surface area contributed by atoms with E-state index in [2.05, 4.69) is 10.3 Å². The molecule has 2 heterocycles. The number of carbonyl (C=O) groups excluding carboxylic acids is 1. The number of nitrogens with one attached hydrogen (secondary N) is 1. The predicted octanol–water partition coefficient (Wildman–Crippen LogP) is 0.643. The molecule has 1 fully saturated rings. The van der Waals surface area contributed by atoms with Crippen molar-refractivity contribution in [2.24, 2.45) is 0 Å². The number of ether oxygens (including phenoxy) is 1. The molecule has 0 aliphatic carbocycles. The van der Waals surface area contributed by atoms with Gasteiger partial charge in [-0.3, -0.25) is 9.78 Å². The minimum absolute atomic E-state index is 0.139. The number of aromatic nitrogens is 1. The van der Waals surface area contributed by atoms with Gasteiger partial charge in [0.25, 0.3) is 0 Å². The number of hydrogen-bond acceptors (Lipinski definition) is 4. The number of ketones is 1. The highest BCUT2D eigenvalue weighted by atomic mass is 16.5. The first kappa shape index (κ1) is 10.3. The van der Waals surface area contributed by atoms with Gasteiger partial charge >= 0.3 is 0 Å². The van der Waals surface area contributed by atoms with Gasteiger partial charge < -0.3 is 10.1 Å². The Labute approximate surface area is 88.7 Å². The maximum absolute atomic E-state index is 11.8. The molecule has 0 amide bonds. The van der Waals surface area contributed by atoms with Gasteiger partial charge in [0.15, 0.2) is 5.78 Å². The summed E-state index contributed by atoms with van der Waals surface area (Å²) in [5.74, 6) is 0.139. The van der Waals surface area contributed by atoms with Crippen LogP contribution in [0.15, 0.2) is 24.5 Å². The lowest BCUT2D eigenvalue weighted by Gasteiger charge is -2.23. The molecule has 2 rings (SSSR count). The summed E-state index contributed by atoms with van der Waals surface area (Å²) in [6.07, 6.45) is 3.76. The van der Waals surface area contributed by atoms with E-state index >= 15 is 0 Å². The lowest BCUT2D eigenvalue weighted by molar-refractivity contribution is 0.0676. The third kappa shape index (κ3) is 2.84. The van der Waals surface area contributed by atoms with Crippen LogP contribution in [-0.2, 0) is 4.74 Å². The van der Waals surface area contributed by atoms with E-state index < -0.39 is 0 Å². The number of nitrogens with zero attached hydrogens (tertiary/aromatic N) is 1. The summed E-state index contributed by atoms with van der Waals surface area (Å²) in [5, 5.41) is 3.26. The summed E-state index contributed by atoms with van der Waals surface area (Å²) in [6, 6.07) is 3.64. The molecule has 1 atom stereocenters. The Hall–Kier alpha value is -1.26. The SMILES string of the molecule is O=C(CC1COCCN1)c1ccncc1. The van der Waals surface area contributed by atoms with Crippen molar-refractivity contribution in [2.75, 3.05) is 19.8 Å². The van der Waals surface area contributed by atoms with E-state index in [1.165, 1.54) is 0 Å². The molecule has 0 bridgehead atoms. The molecule has 15 heavy (non-hydrogen) atoms. The molecule has 1 saturated heterocycles. The van der Waals surface area contributed by atoms with Crippen molar-refractivity contribution in [3.63, 3.8) is 0 Å². The Balaban J connectivity index is 1.91. The van der Waals surface area contributed by atoms with E-state index in [4.69, 9.17) is 4.74 Å². The standard InChI is InChI=1S/C11H14N2O2/c14-11(9-1-3-12-4-2-9)7-10-8-15-6-5-13-10/h1-4,10,13H,5-8H2. The maximum Gasteiger partial charge on any atom is 0.164 e. The van der Waals surface area contributed by atoms with Crippen molar-refractivity contribution in [3.8, 4) is 0 Å². The zero-order valence-electron chi connectivity index (χ0n) is 8.48. The van der Waals surface area contributed by atoms with E-state index in [-0.39, 0.29) is 11.8 Å². The summed E-state index contributed by atoms with van der Waals surface area (Å²) in [5.41, 5.74) is 0.720. The van der Waals surface area contributed by atoms with Gasteiger partial charge in [0.1, 0.15) is 0 Å². The molecule has 1 aliphatic rings. The minimum Gasteiger partial charge on any atom is -0.378 e. The van der Waals surface area contributed by atoms with Gasteiger partial charge in [-0.15, -0.1) is 0 Å². The van der Waals surface area contributed by atoms with Gasteiger partial charge in [-0.25, -0.2) is 0 Å². The van der Waals surface area contributed by atoms with Crippen molar-refractivity contribution in [1.29, 1.82) is 0 Å². The van der Waals surface area contributed by atoms with Crippen LogP contribution < -0.4 is 5.32 Å². The Bertz CT molecular complexity index is 321. The second-order valence-electron chi connectivity index (χ2n) is 3.59. The van der Waals surface area contributed by atoms with E-state index in [1.807, 2.05) is 0 Å². The van der Waals surface area contributed by atoms with Crippen molar-refractivity contribution < 1.29 is 9.53 Å². The van der Waals surface area contributed by atoms with Gasteiger partial charge in [0.2, 0.25) is 0 Å². The molecule has 1 N–H and O–H groups in total. The zero-order chi connectivity index (χ0) is 10.5. The van der Waals surface area contributed by atoms with E-state index in [0.717, 1.165) is 18.7 Å². The summed E-state index contributed by atoms with van der Waals surface area (Å²) < 4.78 is 5.29. The van der Waals surface area contributed by atoms with Gasteiger partial charge in [0.05, 0.1) is 13.2 Å². The average molecular weight is 206 g/mol. The summed E-state index contributed by atoms with van der Waals surface area (Å²) in [6.45, 7) is 2.19. The van der Waals surface area contributed by atoms with E-state index in [0.29, 0.717) is 13.0 Å². The first-order chi connectivity index (χ1) is 7.36. The van der Waals surface area contributed by atoms with Crippen LogP contribution in [0.1, 0.15) is 16.8 Å². The molecule has 80 valence electrons. The van der Waals surface area contributed by atoms with Crippen molar-refractivity contribution >= 4 is 5.78 Å². The Kier molecular flexibility index (Phi) is 3.42. The number of pyridine rings is 1. The molecular formula is C11H14N2O2. The molecule has 4 nitrogen and oxygen atoms in total. The molecule has 0 radical (unpaired) electrons. The number of carbonyl (C=O) groups is 1. The number of morpholine rings is 1. The minimum atomic E-state index is 0.139. The summed E-state index contributed by atoms with van der Waals surface area (Å²) in [4.78, 5) is 15.7. The Morgan fingerprint density at radius 3 is 3.00 bits per heavy atom. The number of Topliss-reactive ketones (excluding diaryl/α,β-unsaturated/α-hetero) is 1. The summed E-state index contributed by atoms with van der Waals surface area (Å²) >= 11 is 0. The first-order valence-electron chi connectivity index (χ1n) is 5.10. The molecule has 0 spiro atoms. The number of hydrogen-bond donors (Lipinski definition) is 1. The van der Waals surface area contributed by atoms with Crippen molar-refractivity contribution in [3.05, 3.63) is 30.1 Å². The van der Waals surface area contributed by atoms with E-state index in [1.54, 1.807) is 24.5 Å². The van der Waals surface area contributed by atoms with Crippen LogP contribution in [-0.4, -0.2) is 36.6 Å². The molecule has 1 unspecified atom stereocenters. The smallest absolute Gasteiger partial charge is 0.164 e. The average Bonchev–Trinajstić information content (AvgIpc) is 2.31. The van der Waals surface area contributed by atoms with Gasteiger partial charge in [-0.2, -0.15) is 0 Å². The Morgan fingerprint density at radius 2 is 2.33 bits per heavy atom. The topological polar surface area (TPSA) is 51.2 Å². The van der Waals surface area contributed by atoms with Crippen LogP contribution in [0.25, 0.3) is 0 Å². The number of rotatable bonds is 3. The second kappa shape index (κ2) is 5.00. The molecule has 1 aliphatic heterocycles. The van der Waals surface area contributed by atoms with Crippen molar-refractivity contribution in [2.45, 2.75) is 12.5 Å². The predicted molar refractivity (Wildman–Crippen MR) is 55.8 cm³/mol. The molecule has 0 aromatic carbocycles. The highest BCUT2D eigenvalue weighted by Gasteiger charge is 2.17. The Morgan fingerprint density at radius 1 is 1.53 bits per heavy atom. The monoisotopic (exact) mass is 206 g/mol. The fourth-order valence-electron chi connectivity index (χ4n) is 1.63. The third-order valence-electron chi connectivity index (χ3n) is 2.43. The highest BCUT2D eigenvalue weighted by Crippen LogP contribution is 2.06. The molecule has 1 aromatic heterocycles. The maximum atomic E-state index is 11.8. The lowest BCUT2D eigenvalue weighted by Crippen LogP contribution is -2.42. The van der Waals surface area contributed by atoms with Gasteiger partial charge in [-0.05, 0) is 12.1 Å². The van der Waals surface area contributed by atoms with Crippen LogP contribution in [0.2, 0.25) is 0 Å². The van der Waals surface area contributed by atoms with Crippen LogP contribution in [0, 0.1) is 0 Å². The van der Waals surface area contributed by atoms with Gasteiger partial charge in [-0.1, -0.05) is 0 Å². The largest absolute Gasteiger partial charge is 0.378 e. The quantitative estimate of drug-likeness (QED) is 0.737. The van der Waals surface area contributed by atoms with Crippen molar-refractivity contribution in [1.82, 2.24) is 10.3 Å². The third-order valence-corrected chi connectivity index (χ3v) is 2.43. The van der Waals surface area contributed by atoms with Crippen LogP contribution in [0.4, 0.5) is 0 Å². The molecule has 4 heteroatoms. The zero-order valence-corrected chi connectivity index (χ0v) is 8.48. The molecule has 0 saturated carbocycles. The van der Waals surface area contributed by atoms with E-state index in [9.17, 15) is 4.79 Å². The lowest BCUT2D eigenvalue weighted by atomic mass is 10.0. The molecule has 1 aromatic rings. The fourth-order valence-corrected chi connectivity index (χ4v) is 1.63. The highest BCUT2D eigenvalue weighted by molar-refractivity contribution is 5.96. The van der Waals surface area contributed by atoms with Crippen LogP contribution in [0.3, 0.4) is 0 Å². The fraction of sp³-hybridized carbons (Fsp3) is 0.455. The van der Waals surface area contributed by atoms with Crippen LogP contribution in [0.5, 0.6) is 0 Å². The van der Waals surface area contributed by atoms with Crippen LogP contribution >= 0.6 is 0 Å². The van der Waals surface area contributed by atoms with Gasteiger partial charge in [0, 0.05) is 37.0 Å². The molecular weight excluding hydrogens is 192 g/mol. The second-order valence-corrected chi connectivity index (χ2v) is 3.59. The summed E-state index contributed by atoms with van der Waals surface area (Å²) in [7, 11) is 0. The normalized spacial score (nSPS) is 21.2. The first-order valence-corrected chi connectivity index (χ1v) is 5.10.